The van der Waals surface area contributed by atoms with E-state index in [1.165, 1.54) is 0 Å². The minimum Gasteiger partial charge on any atom is -0.488 e. The summed E-state index contributed by atoms with van der Waals surface area (Å²) in [5.74, 6) is 0.605. The monoisotopic (exact) mass is 230 g/mol. The van der Waals surface area contributed by atoms with Crippen LogP contribution in [0.5, 0.6) is 5.75 Å². The van der Waals surface area contributed by atoms with E-state index in [0.29, 0.717) is 22.4 Å². The van der Waals surface area contributed by atoms with Crippen LogP contribution in [0.4, 0.5) is 0 Å². The quantitative estimate of drug-likeness (QED) is 0.700. The highest BCUT2D eigenvalue weighted by Crippen LogP contribution is 2.27. The van der Waals surface area contributed by atoms with Crippen LogP contribution < -0.4 is 4.74 Å². The third-order valence-corrected chi connectivity index (χ3v) is 2.37. The topological polar surface area (TPSA) is 9.23 Å². The highest BCUT2D eigenvalue weighted by molar-refractivity contribution is 6.34. The highest BCUT2D eigenvalue weighted by atomic mass is 35.5. The Bertz CT molecular complexity index is 334. The summed E-state index contributed by atoms with van der Waals surface area (Å²) in [6.07, 6.45) is 0.901. The van der Waals surface area contributed by atoms with Gasteiger partial charge in [0, 0.05) is 11.1 Å². The fourth-order valence-corrected chi connectivity index (χ4v) is 1.20. The van der Waals surface area contributed by atoms with E-state index in [1.807, 2.05) is 6.92 Å². The van der Waals surface area contributed by atoms with Crippen molar-refractivity contribution in [2.24, 2.45) is 0 Å². The van der Waals surface area contributed by atoms with Gasteiger partial charge in [0.25, 0.3) is 0 Å². The average molecular weight is 231 g/mol. The summed E-state index contributed by atoms with van der Waals surface area (Å²) in [5.41, 5.74) is 1.03. The van der Waals surface area contributed by atoms with Crippen molar-refractivity contribution in [1.82, 2.24) is 0 Å². The molecule has 0 heterocycles. The predicted octanol–water partition coefficient (Wildman–Crippen LogP) is 4.34. The molecule has 1 rings (SSSR count). The lowest BCUT2D eigenvalue weighted by atomic mass is 10.2. The van der Waals surface area contributed by atoms with Gasteiger partial charge < -0.3 is 4.74 Å². The molecule has 0 aliphatic rings. The van der Waals surface area contributed by atoms with Crippen LogP contribution in [0.1, 0.15) is 13.3 Å². The van der Waals surface area contributed by atoms with Crippen molar-refractivity contribution in [2.75, 3.05) is 6.61 Å². The average Bonchev–Trinajstić information content (AvgIpc) is 2.19. The molecule has 0 aromatic heterocycles. The molecule has 0 saturated carbocycles. The zero-order valence-corrected chi connectivity index (χ0v) is 9.53. The van der Waals surface area contributed by atoms with Gasteiger partial charge in [-0.3, -0.25) is 0 Å². The van der Waals surface area contributed by atoms with Crippen LogP contribution in [0, 0.1) is 0 Å². The maximum atomic E-state index is 5.91. The van der Waals surface area contributed by atoms with Gasteiger partial charge in [-0.15, -0.1) is 0 Å². The first-order chi connectivity index (χ1) is 6.63. The molecular formula is C11H12Cl2O. The summed E-state index contributed by atoms with van der Waals surface area (Å²) < 4.78 is 5.45. The first-order valence-electron chi connectivity index (χ1n) is 4.38. The lowest BCUT2D eigenvalue weighted by molar-refractivity contribution is 0.349. The molecule has 0 spiro atoms. The van der Waals surface area contributed by atoms with Gasteiger partial charge >= 0.3 is 0 Å². The Morgan fingerprint density at radius 3 is 2.79 bits per heavy atom. The SMILES string of the molecule is C=C(CC)COc1cc(Cl)ccc1Cl. The molecule has 1 aromatic carbocycles. The number of rotatable bonds is 4. The first-order valence-corrected chi connectivity index (χ1v) is 5.13. The van der Waals surface area contributed by atoms with E-state index in [2.05, 4.69) is 6.58 Å². The van der Waals surface area contributed by atoms with Gasteiger partial charge in [-0.05, 0) is 24.1 Å². The Morgan fingerprint density at radius 1 is 1.43 bits per heavy atom. The molecule has 0 unspecified atom stereocenters. The minimum atomic E-state index is 0.483. The van der Waals surface area contributed by atoms with Gasteiger partial charge in [0.15, 0.2) is 0 Å². The summed E-state index contributed by atoms with van der Waals surface area (Å²) in [7, 11) is 0. The number of hydrogen-bond donors (Lipinski definition) is 0. The normalized spacial score (nSPS) is 9.93. The van der Waals surface area contributed by atoms with Crippen LogP contribution in [-0.2, 0) is 0 Å². The maximum Gasteiger partial charge on any atom is 0.139 e. The van der Waals surface area contributed by atoms with Crippen molar-refractivity contribution in [3.63, 3.8) is 0 Å². The smallest absolute Gasteiger partial charge is 0.139 e. The lowest BCUT2D eigenvalue weighted by Gasteiger charge is -2.08. The van der Waals surface area contributed by atoms with Gasteiger partial charge in [-0.1, -0.05) is 36.7 Å². The van der Waals surface area contributed by atoms with Gasteiger partial charge in [-0.2, -0.15) is 0 Å². The van der Waals surface area contributed by atoms with Crippen LogP contribution in [0.3, 0.4) is 0 Å². The number of ether oxygens (including phenoxy) is 1. The Balaban J connectivity index is 2.66. The van der Waals surface area contributed by atoms with E-state index in [9.17, 15) is 0 Å². The number of halogens is 2. The third-order valence-electron chi connectivity index (χ3n) is 1.83. The Hall–Kier alpha value is -0.660. The molecule has 0 aliphatic carbocycles. The molecule has 76 valence electrons. The zero-order valence-electron chi connectivity index (χ0n) is 8.02. The Morgan fingerprint density at radius 2 is 2.14 bits per heavy atom. The summed E-state index contributed by atoms with van der Waals surface area (Å²) in [6, 6.07) is 5.14. The standard InChI is InChI=1S/C11H12Cl2O/c1-3-8(2)7-14-11-6-9(12)4-5-10(11)13/h4-6H,2-3,7H2,1H3. The lowest BCUT2D eigenvalue weighted by Crippen LogP contribution is -1.99. The fourth-order valence-electron chi connectivity index (χ4n) is 0.870. The molecule has 0 saturated heterocycles. The molecule has 3 heteroatoms. The predicted molar refractivity (Wildman–Crippen MR) is 61.4 cm³/mol. The second-order valence-corrected chi connectivity index (χ2v) is 3.81. The molecule has 1 nitrogen and oxygen atoms in total. The number of benzene rings is 1. The summed E-state index contributed by atoms with van der Waals surface area (Å²) in [4.78, 5) is 0. The molecular weight excluding hydrogens is 219 g/mol. The second kappa shape index (κ2) is 5.28. The van der Waals surface area contributed by atoms with Crippen molar-refractivity contribution in [3.05, 3.63) is 40.4 Å². The van der Waals surface area contributed by atoms with Crippen LogP contribution >= 0.6 is 23.2 Å². The zero-order chi connectivity index (χ0) is 10.6. The van der Waals surface area contributed by atoms with Crippen LogP contribution in [0.2, 0.25) is 10.0 Å². The van der Waals surface area contributed by atoms with E-state index in [0.717, 1.165) is 12.0 Å². The summed E-state index contributed by atoms with van der Waals surface area (Å²) in [6.45, 7) is 6.35. The van der Waals surface area contributed by atoms with E-state index >= 15 is 0 Å². The van der Waals surface area contributed by atoms with Crippen molar-refractivity contribution in [3.8, 4) is 5.75 Å². The maximum absolute atomic E-state index is 5.91. The Kier molecular flexibility index (Phi) is 4.30. The van der Waals surface area contributed by atoms with Crippen LogP contribution in [0.15, 0.2) is 30.4 Å². The molecule has 1 aromatic rings. The van der Waals surface area contributed by atoms with Gasteiger partial charge in [0.1, 0.15) is 12.4 Å². The number of hydrogen-bond acceptors (Lipinski definition) is 1. The third kappa shape index (κ3) is 3.24. The summed E-state index contributed by atoms with van der Waals surface area (Å²) in [5, 5.41) is 1.19. The highest BCUT2D eigenvalue weighted by Gasteiger charge is 2.02. The van der Waals surface area contributed by atoms with Crippen LogP contribution in [-0.4, -0.2) is 6.61 Å². The van der Waals surface area contributed by atoms with E-state index in [-0.39, 0.29) is 0 Å². The van der Waals surface area contributed by atoms with E-state index in [4.69, 9.17) is 27.9 Å². The van der Waals surface area contributed by atoms with Crippen molar-refractivity contribution in [2.45, 2.75) is 13.3 Å². The van der Waals surface area contributed by atoms with Gasteiger partial charge in [-0.25, -0.2) is 0 Å². The molecule has 0 N–H and O–H groups in total. The molecule has 14 heavy (non-hydrogen) atoms. The summed E-state index contributed by atoms with van der Waals surface area (Å²) >= 11 is 11.7. The van der Waals surface area contributed by atoms with Crippen LogP contribution in [0.25, 0.3) is 0 Å². The molecule has 0 amide bonds. The minimum absolute atomic E-state index is 0.483. The van der Waals surface area contributed by atoms with Gasteiger partial charge in [0.05, 0.1) is 5.02 Å². The molecule has 0 fully saturated rings. The van der Waals surface area contributed by atoms with Crippen molar-refractivity contribution >= 4 is 23.2 Å². The fraction of sp³-hybridized carbons (Fsp3) is 0.273. The first kappa shape index (κ1) is 11.4. The molecule has 0 aliphatic heterocycles. The van der Waals surface area contributed by atoms with E-state index < -0.39 is 0 Å². The molecule has 0 atom stereocenters. The van der Waals surface area contributed by atoms with Crippen molar-refractivity contribution < 1.29 is 4.74 Å². The molecule has 0 bridgehead atoms. The Labute approximate surface area is 94.3 Å². The van der Waals surface area contributed by atoms with Gasteiger partial charge in [0.2, 0.25) is 0 Å². The van der Waals surface area contributed by atoms with Crippen molar-refractivity contribution in [1.29, 1.82) is 0 Å². The largest absolute Gasteiger partial charge is 0.488 e. The second-order valence-electron chi connectivity index (χ2n) is 2.97. The molecule has 0 radical (unpaired) electrons. The van der Waals surface area contributed by atoms with E-state index in [1.54, 1.807) is 18.2 Å².